The summed E-state index contributed by atoms with van der Waals surface area (Å²) < 4.78 is 0. The monoisotopic (exact) mass is 169 g/mol. The second-order valence-electron chi connectivity index (χ2n) is 3.09. The van der Waals surface area contributed by atoms with Crippen LogP contribution in [-0.2, 0) is 0 Å². The zero-order chi connectivity index (χ0) is 9.56. The number of hydrogen-bond donors (Lipinski definition) is 1. The van der Waals surface area contributed by atoms with Crippen molar-refractivity contribution in [2.45, 2.75) is 26.3 Å². The van der Waals surface area contributed by atoms with Crippen molar-refractivity contribution in [3.63, 3.8) is 0 Å². The maximum absolute atomic E-state index is 5.43. The lowest BCUT2D eigenvalue weighted by molar-refractivity contribution is 0.262. The van der Waals surface area contributed by atoms with Gasteiger partial charge in [-0.05, 0) is 32.4 Å². The molecule has 3 heteroatoms. The summed E-state index contributed by atoms with van der Waals surface area (Å²) in [6, 6.07) is 0.394. The standard InChI is InChI=1S/C9H19N3/c1-8(2)7-11-12(4)9(3)5-6-10/h7,9H,1,5-6,10H2,2-4H3/b11-7-. The molecular formula is C9H19N3. The Morgan fingerprint density at radius 2 is 2.33 bits per heavy atom. The Labute approximate surface area is 74.9 Å². The van der Waals surface area contributed by atoms with Crippen LogP contribution in [0, 0.1) is 0 Å². The zero-order valence-electron chi connectivity index (χ0n) is 8.25. The average Bonchev–Trinajstić information content (AvgIpc) is 2.00. The van der Waals surface area contributed by atoms with Gasteiger partial charge in [0, 0.05) is 19.3 Å². The van der Waals surface area contributed by atoms with Gasteiger partial charge in [0.05, 0.1) is 0 Å². The smallest absolute Gasteiger partial charge is 0.0493 e. The van der Waals surface area contributed by atoms with Gasteiger partial charge in [0.15, 0.2) is 0 Å². The zero-order valence-corrected chi connectivity index (χ0v) is 8.25. The average molecular weight is 169 g/mol. The molecule has 0 radical (unpaired) electrons. The van der Waals surface area contributed by atoms with E-state index in [1.165, 1.54) is 0 Å². The van der Waals surface area contributed by atoms with Gasteiger partial charge in [0.1, 0.15) is 0 Å². The van der Waals surface area contributed by atoms with Crippen LogP contribution in [-0.4, -0.2) is 30.9 Å². The van der Waals surface area contributed by atoms with Crippen LogP contribution in [0.4, 0.5) is 0 Å². The third-order valence-electron chi connectivity index (χ3n) is 1.68. The minimum absolute atomic E-state index is 0.394. The van der Waals surface area contributed by atoms with Crippen molar-refractivity contribution in [1.82, 2.24) is 5.01 Å². The molecule has 70 valence electrons. The molecule has 0 spiro atoms. The Bertz CT molecular complexity index is 163. The van der Waals surface area contributed by atoms with Gasteiger partial charge in [-0.15, -0.1) is 0 Å². The molecule has 1 atom stereocenters. The van der Waals surface area contributed by atoms with E-state index < -0.39 is 0 Å². The Morgan fingerprint density at radius 1 is 1.75 bits per heavy atom. The second-order valence-corrected chi connectivity index (χ2v) is 3.09. The SMILES string of the molecule is C=C(C)/C=N\N(C)C(C)CCN. The molecule has 0 fully saturated rings. The molecule has 0 aliphatic carbocycles. The van der Waals surface area contributed by atoms with E-state index in [0.29, 0.717) is 12.6 Å². The van der Waals surface area contributed by atoms with Gasteiger partial charge in [0.2, 0.25) is 0 Å². The first-order valence-electron chi connectivity index (χ1n) is 4.20. The lowest BCUT2D eigenvalue weighted by atomic mass is 10.2. The summed E-state index contributed by atoms with van der Waals surface area (Å²) in [5, 5.41) is 6.10. The Hall–Kier alpha value is -0.830. The quantitative estimate of drug-likeness (QED) is 0.496. The van der Waals surface area contributed by atoms with E-state index in [1.54, 1.807) is 6.21 Å². The predicted octanol–water partition coefficient (Wildman–Crippen LogP) is 1.22. The largest absolute Gasteiger partial charge is 0.330 e. The Kier molecular flexibility index (Phi) is 5.37. The molecule has 0 aliphatic rings. The molecule has 0 saturated heterocycles. The fourth-order valence-electron chi connectivity index (χ4n) is 0.731. The molecule has 12 heavy (non-hydrogen) atoms. The normalized spacial score (nSPS) is 13.3. The summed E-state index contributed by atoms with van der Waals surface area (Å²) in [6.45, 7) is 8.46. The minimum atomic E-state index is 0.394. The van der Waals surface area contributed by atoms with E-state index in [1.807, 2.05) is 19.0 Å². The van der Waals surface area contributed by atoms with Crippen LogP contribution < -0.4 is 5.73 Å². The molecule has 1 unspecified atom stereocenters. The van der Waals surface area contributed by atoms with Crippen molar-refractivity contribution in [2.75, 3.05) is 13.6 Å². The summed E-state index contributed by atoms with van der Waals surface area (Å²) in [5.41, 5.74) is 6.39. The van der Waals surface area contributed by atoms with Crippen LogP contribution >= 0.6 is 0 Å². The molecule has 0 aliphatic heterocycles. The summed E-state index contributed by atoms with van der Waals surface area (Å²) in [5.74, 6) is 0. The predicted molar refractivity (Wildman–Crippen MR) is 54.2 cm³/mol. The highest BCUT2D eigenvalue weighted by Gasteiger charge is 2.03. The summed E-state index contributed by atoms with van der Waals surface area (Å²) in [4.78, 5) is 0. The van der Waals surface area contributed by atoms with Crippen LogP contribution in [0.5, 0.6) is 0 Å². The van der Waals surface area contributed by atoms with E-state index in [-0.39, 0.29) is 0 Å². The number of hydrogen-bond acceptors (Lipinski definition) is 3. The van der Waals surface area contributed by atoms with Gasteiger partial charge in [0.25, 0.3) is 0 Å². The number of allylic oxidation sites excluding steroid dienone is 1. The molecule has 0 saturated carbocycles. The number of rotatable bonds is 5. The van der Waals surface area contributed by atoms with Crippen LogP contribution in [0.15, 0.2) is 17.3 Å². The van der Waals surface area contributed by atoms with Gasteiger partial charge >= 0.3 is 0 Å². The van der Waals surface area contributed by atoms with Crippen molar-refractivity contribution in [2.24, 2.45) is 10.8 Å². The van der Waals surface area contributed by atoms with Crippen molar-refractivity contribution >= 4 is 6.21 Å². The Morgan fingerprint density at radius 3 is 2.75 bits per heavy atom. The van der Waals surface area contributed by atoms with Gasteiger partial charge < -0.3 is 5.73 Å². The first-order chi connectivity index (χ1) is 5.57. The van der Waals surface area contributed by atoms with Crippen LogP contribution in [0.1, 0.15) is 20.3 Å². The molecule has 2 N–H and O–H groups in total. The van der Waals surface area contributed by atoms with Crippen LogP contribution in [0.25, 0.3) is 0 Å². The molecular weight excluding hydrogens is 150 g/mol. The topological polar surface area (TPSA) is 41.6 Å². The molecule has 0 aromatic heterocycles. The van der Waals surface area contributed by atoms with Crippen LogP contribution in [0.2, 0.25) is 0 Å². The highest BCUT2D eigenvalue weighted by atomic mass is 15.4. The third-order valence-corrected chi connectivity index (χ3v) is 1.68. The van der Waals surface area contributed by atoms with Gasteiger partial charge in [-0.2, -0.15) is 5.10 Å². The fourth-order valence-corrected chi connectivity index (χ4v) is 0.731. The summed E-state index contributed by atoms with van der Waals surface area (Å²) >= 11 is 0. The maximum Gasteiger partial charge on any atom is 0.0493 e. The summed E-state index contributed by atoms with van der Waals surface area (Å²) in [6.07, 6.45) is 2.72. The first kappa shape index (κ1) is 11.2. The molecule has 0 rings (SSSR count). The summed E-state index contributed by atoms with van der Waals surface area (Å²) in [7, 11) is 1.94. The van der Waals surface area contributed by atoms with E-state index in [2.05, 4.69) is 18.6 Å². The lowest BCUT2D eigenvalue weighted by Gasteiger charge is -2.20. The van der Waals surface area contributed by atoms with E-state index in [4.69, 9.17) is 5.73 Å². The number of nitrogens with zero attached hydrogens (tertiary/aromatic N) is 2. The maximum atomic E-state index is 5.43. The van der Waals surface area contributed by atoms with Crippen molar-refractivity contribution < 1.29 is 0 Å². The number of nitrogens with two attached hydrogens (primary N) is 1. The molecule has 3 nitrogen and oxygen atoms in total. The molecule has 0 heterocycles. The highest BCUT2D eigenvalue weighted by Crippen LogP contribution is 1.99. The van der Waals surface area contributed by atoms with Crippen molar-refractivity contribution in [1.29, 1.82) is 0 Å². The fraction of sp³-hybridized carbons (Fsp3) is 0.667. The molecule has 0 aromatic carbocycles. The van der Waals surface area contributed by atoms with E-state index in [0.717, 1.165) is 12.0 Å². The van der Waals surface area contributed by atoms with Gasteiger partial charge in [-0.25, -0.2) is 0 Å². The lowest BCUT2D eigenvalue weighted by Crippen LogP contribution is -2.26. The Balaban J connectivity index is 3.85. The highest BCUT2D eigenvalue weighted by molar-refractivity contribution is 5.76. The molecule has 0 bridgehead atoms. The van der Waals surface area contributed by atoms with Gasteiger partial charge in [-0.1, -0.05) is 6.58 Å². The van der Waals surface area contributed by atoms with E-state index in [9.17, 15) is 0 Å². The van der Waals surface area contributed by atoms with E-state index >= 15 is 0 Å². The minimum Gasteiger partial charge on any atom is -0.330 e. The van der Waals surface area contributed by atoms with Crippen molar-refractivity contribution in [3.8, 4) is 0 Å². The second kappa shape index (κ2) is 5.77. The number of hydrazone groups is 1. The van der Waals surface area contributed by atoms with Gasteiger partial charge in [-0.3, -0.25) is 5.01 Å². The van der Waals surface area contributed by atoms with Crippen LogP contribution in [0.3, 0.4) is 0 Å². The molecule has 0 amide bonds. The molecule has 0 aromatic rings. The van der Waals surface area contributed by atoms with Crippen molar-refractivity contribution in [3.05, 3.63) is 12.2 Å². The third kappa shape index (κ3) is 4.91. The first-order valence-corrected chi connectivity index (χ1v) is 4.20.